The normalized spacial score (nSPS) is 16.3. The van der Waals surface area contributed by atoms with Crippen LogP contribution in [0.25, 0.3) is 11.0 Å². The van der Waals surface area contributed by atoms with E-state index in [2.05, 4.69) is 25.0 Å². The number of anilines is 1. The zero-order chi connectivity index (χ0) is 28.4. The number of nitrogens with zero attached hydrogens (tertiary/aromatic N) is 3. The van der Waals surface area contributed by atoms with Gasteiger partial charge in [0, 0.05) is 22.9 Å². The Morgan fingerprint density at radius 3 is 2.46 bits per heavy atom. The molecule has 2 amide bonds. The summed E-state index contributed by atoms with van der Waals surface area (Å²) in [6, 6.07) is 17.6. The minimum absolute atomic E-state index is 0.126. The molecule has 1 atom stereocenters. The second-order valence-corrected chi connectivity index (χ2v) is 8.17. The third-order valence-corrected chi connectivity index (χ3v) is 5.75. The number of aromatic amines is 1. The third kappa shape index (κ3) is 5.36. The summed E-state index contributed by atoms with van der Waals surface area (Å²) in [5.41, 5.74) is 1.51. The van der Waals surface area contributed by atoms with Gasteiger partial charge in [-0.25, -0.2) is 14.6 Å². The Labute approximate surface area is 217 Å². The fraction of sp³-hybridized carbons (Fsp3) is 0.160. The van der Waals surface area contributed by atoms with E-state index >= 15 is 0 Å². The Kier molecular flexibility index (Phi) is 7.23. The number of aliphatic hydroxyl groups is 1. The van der Waals surface area contributed by atoms with E-state index in [1.807, 2.05) is 6.07 Å². The van der Waals surface area contributed by atoms with E-state index in [-0.39, 0.29) is 18.4 Å². The number of hydrogen-bond acceptors (Lipinski definition) is 7. The number of carbonyl (C=O) groups is 3. The number of fused-ring (bicyclic) bond motifs is 2. The van der Waals surface area contributed by atoms with Crippen molar-refractivity contribution in [3.8, 4) is 0 Å². The van der Waals surface area contributed by atoms with E-state index in [1.165, 1.54) is 12.0 Å². The van der Waals surface area contributed by atoms with Gasteiger partial charge in [0.2, 0.25) is 5.95 Å². The van der Waals surface area contributed by atoms with Crippen LogP contribution in [0.3, 0.4) is 0 Å². The van der Waals surface area contributed by atoms with E-state index in [0.717, 1.165) is 0 Å². The quantitative estimate of drug-likeness (QED) is 0.304. The number of halogens is 3. The van der Waals surface area contributed by atoms with Gasteiger partial charge < -0.3 is 19.9 Å². The van der Waals surface area contributed by atoms with Crippen LogP contribution < -0.4 is 5.32 Å². The number of imidazole rings is 1. The summed E-state index contributed by atoms with van der Waals surface area (Å²) in [5, 5.41) is 21.6. The first-order chi connectivity index (χ1) is 18.4. The van der Waals surface area contributed by atoms with Gasteiger partial charge >= 0.3 is 18.2 Å². The predicted molar refractivity (Wildman–Crippen MR) is 129 cm³/mol. The number of aromatic nitrogens is 3. The van der Waals surface area contributed by atoms with Crippen molar-refractivity contribution in [2.24, 2.45) is 0 Å². The zero-order valence-electron chi connectivity index (χ0n) is 20.1. The van der Waals surface area contributed by atoms with E-state index in [9.17, 15) is 27.9 Å². The molecule has 0 saturated heterocycles. The molecule has 39 heavy (non-hydrogen) atoms. The fourth-order valence-electron chi connectivity index (χ4n) is 4.00. The van der Waals surface area contributed by atoms with Gasteiger partial charge in [-0.2, -0.15) is 13.2 Å². The van der Waals surface area contributed by atoms with Crippen LogP contribution in [0.1, 0.15) is 27.2 Å². The molecule has 2 aromatic carbocycles. The third-order valence-electron chi connectivity index (χ3n) is 5.75. The lowest BCUT2D eigenvalue weighted by Gasteiger charge is -2.34. The van der Waals surface area contributed by atoms with Gasteiger partial charge in [-0.3, -0.25) is 20.0 Å². The molecule has 4 aromatic rings. The summed E-state index contributed by atoms with van der Waals surface area (Å²) >= 11 is 0. The zero-order valence-corrected chi connectivity index (χ0v) is 20.1. The minimum Gasteiger partial charge on any atom is -0.475 e. The molecule has 11 nitrogen and oxygen atoms in total. The number of hydrogen-bond donors (Lipinski definition) is 4. The maximum Gasteiger partial charge on any atom is 0.490 e. The highest BCUT2D eigenvalue weighted by atomic mass is 19.4. The Hall–Kier alpha value is -4.98. The number of carboxylic acid groups (broad SMARTS) is 1. The largest absolute Gasteiger partial charge is 0.490 e. The van der Waals surface area contributed by atoms with Crippen LogP contribution in [0.2, 0.25) is 0 Å². The molecule has 1 unspecified atom stereocenters. The fourth-order valence-corrected chi connectivity index (χ4v) is 4.00. The first-order valence-electron chi connectivity index (χ1n) is 11.1. The molecule has 3 heterocycles. The number of nitrogens with one attached hydrogen (secondary N) is 2. The molecule has 0 fully saturated rings. The SMILES string of the molecule is COC(=O)Nc1nc2ccc(C3(O)c4ccccc4C(=O)N3Cc3ccccn3)cc2[nH]1.O=C(O)C(F)(F)F. The molecular weight excluding hydrogens is 523 g/mol. The standard InChI is InChI=1S/C23H19N5O4.C2HF3O2/c1-32-22(30)27-21-25-18-10-9-14(12-19(18)26-21)23(31)17-8-3-2-7-16(17)20(29)28(23)13-15-6-4-5-11-24-15;3-2(4,5)1(6)7/h2-12,31H,13H2,1H3,(H2,25,26,27,30);(H,6,7). The summed E-state index contributed by atoms with van der Waals surface area (Å²) in [6.07, 6.45) is -4.09. The van der Waals surface area contributed by atoms with Crippen LogP contribution in [0.15, 0.2) is 66.9 Å². The number of carboxylic acids is 1. The number of pyridine rings is 1. The van der Waals surface area contributed by atoms with Gasteiger partial charge in [0.25, 0.3) is 5.91 Å². The Morgan fingerprint density at radius 2 is 1.82 bits per heavy atom. The average molecular weight is 543 g/mol. The molecule has 2 aromatic heterocycles. The van der Waals surface area contributed by atoms with Gasteiger partial charge in [-0.1, -0.05) is 30.3 Å². The monoisotopic (exact) mass is 543 g/mol. The van der Waals surface area contributed by atoms with Gasteiger partial charge in [-0.15, -0.1) is 0 Å². The van der Waals surface area contributed by atoms with E-state index in [1.54, 1.807) is 60.8 Å². The Balaban J connectivity index is 0.000000448. The molecule has 0 aliphatic carbocycles. The number of carbonyl (C=O) groups excluding carboxylic acids is 2. The Bertz CT molecular complexity index is 1540. The molecule has 0 spiro atoms. The van der Waals surface area contributed by atoms with Gasteiger partial charge in [-0.05, 0) is 30.3 Å². The highest BCUT2D eigenvalue weighted by Crippen LogP contribution is 2.43. The maximum atomic E-state index is 13.3. The maximum absolute atomic E-state index is 13.3. The first kappa shape index (κ1) is 27.1. The molecule has 1 aliphatic rings. The van der Waals surface area contributed by atoms with Crippen molar-refractivity contribution < 1.29 is 42.5 Å². The number of benzene rings is 2. The van der Waals surface area contributed by atoms with Crippen LogP contribution in [0.5, 0.6) is 0 Å². The lowest BCUT2D eigenvalue weighted by atomic mass is 9.93. The summed E-state index contributed by atoms with van der Waals surface area (Å²) in [5.74, 6) is -2.83. The molecule has 1 aliphatic heterocycles. The first-order valence-corrected chi connectivity index (χ1v) is 11.1. The van der Waals surface area contributed by atoms with Crippen molar-refractivity contribution in [1.29, 1.82) is 0 Å². The smallest absolute Gasteiger partial charge is 0.475 e. The van der Waals surface area contributed by atoms with E-state index in [4.69, 9.17) is 9.90 Å². The number of H-pyrrole nitrogens is 1. The van der Waals surface area contributed by atoms with Crippen LogP contribution >= 0.6 is 0 Å². The van der Waals surface area contributed by atoms with Crippen molar-refractivity contribution in [3.63, 3.8) is 0 Å². The summed E-state index contributed by atoms with van der Waals surface area (Å²) in [6.45, 7) is 0.126. The van der Waals surface area contributed by atoms with Gasteiger partial charge in [0.1, 0.15) is 0 Å². The highest BCUT2D eigenvalue weighted by molar-refractivity contribution is 6.00. The van der Waals surface area contributed by atoms with Crippen molar-refractivity contribution in [2.75, 3.05) is 12.4 Å². The van der Waals surface area contributed by atoms with Crippen LogP contribution in [0.4, 0.5) is 23.9 Å². The molecule has 202 valence electrons. The minimum atomic E-state index is -5.08. The van der Waals surface area contributed by atoms with Crippen LogP contribution in [0, 0.1) is 0 Å². The van der Waals surface area contributed by atoms with Crippen molar-refractivity contribution >= 4 is 35.0 Å². The van der Waals surface area contributed by atoms with Crippen molar-refractivity contribution in [3.05, 3.63) is 89.2 Å². The topological polar surface area (TPSA) is 158 Å². The second-order valence-electron chi connectivity index (χ2n) is 8.17. The molecule has 5 rings (SSSR count). The predicted octanol–water partition coefficient (Wildman–Crippen LogP) is 3.62. The second kappa shape index (κ2) is 10.4. The number of rotatable bonds is 4. The number of amides is 2. The van der Waals surface area contributed by atoms with E-state index in [0.29, 0.717) is 33.4 Å². The van der Waals surface area contributed by atoms with E-state index < -0.39 is 24.0 Å². The Morgan fingerprint density at radius 1 is 1.13 bits per heavy atom. The summed E-state index contributed by atoms with van der Waals surface area (Å²) in [7, 11) is 1.26. The highest BCUT2D eigenvalue weighted by Gasteiger charge is 2.50. The number of ether oxygens (including phenoxy) is 1. The average Bonchev–Trinajstić information content (AvgIpc) is 3.41. The van der Waals surface area contributed by atoms with Gasteiger partial charge in [0.15, 0.2) is 5.72 Å². The summed E-state index contributed by atoms with van der Waals surface area (Å²) < 4.78 is 36.3. The lowest BCUT2D eigenvalue weighted by molar-refractivity contribution is -0.192. The van der Waals surface area contributed by atoms with Crippen molar-refractivity contribution in [2.45, 2.75) is 18.4 Å². The molecule has 0 bridgehead atoms. The molecular formula is C25H20F3N5O6. The molecule has 14 heteroatoms. The summed E-state index contributed by atoms with van der Waals surface area (Å²) in [4.78, 5) is 46.7. The van der Waals surface area contributed by atoms with Crippen LogP contribution in [-0.4, -0.2) is 61.3 Å². The molecule has 4 N–H and O–H groups in total. The molecule has 0 radical (unpaired) electrons. The van der Waals surface area contributed by atoms with Crippen LogP contribution in [-0.2, 0) is 21.8 Å². The lowest BCUT2D eigenvalue weighted by Crippen LogP contribution is -2.44. The molecule has 0 saturated carbocycles. The number of methoxy groups -OCH3 is 1. The van der Waals surface area contributed by atoms with Gasteiger partial charge in [0.05, 0.1) is 30.4 Å². The number of alkyl halides is 3. The van der Waals surface area contributed by atoms with Crippen molar-refractivity contribution in [1.82, 2.24) is 19.9 Å². The number of aliphatic carboxylic acids is 1.